The summed E-state index contributed by atoms with van der Waals surface area (Å²) in [6.45, 7) is 1.68. The van der Waals surface area contributed by atoms with Gasteiger partial charge in [0, 0.05) is 12.0 Å². The minimum Gasteiger partial charge on any atom is -0.546 e. The van der Waals surface area contributed by atoms with Gasteiger partial charge in [-0.3, -0.25) is 4.79 Å². The fraction of sp³-hybridized carbons (Fsp3) is 0.500. The number of hydrogen-bond acceptors (Lipinski definition) is 4. The van der Waals surface area contributed by atoms with Gasteiger partial charge >= 0.3 is 29.6 Å². The Labute approximate surface area is 148 Å². The first kappa shape index (κ1) is 20.2. The van der Waals surface area contributed by atoms with Crippen molar-refractivity contribution in [3.63, 3.8) is 0 Å². The van der Waals surface area contributed by atoms with E-state index in [0.29, 0.717) is 17.7 Å². The van der Waals surface area contributed by atoms with E-state index in [2.05, 4.69) is 6.92 Å². The number of unbranched alkanes of at least 4 members (excludes halogenated alkanes) is 4. The molecule has 1 aromatic carbocycles. The van der Waals surface area contributed by atoms with Crippen molar-refractivity contribution in [1.82, 2.24) is 0 Å². The summed E-state index contributed by atoms with van der Waals surface area (Å²) in [5.41, 5.74) is 0.640. The van der Waals surface area contributed by atoms with Crippen molar-refractivity contribution in [2.75, 3.05) is 6.61 Å². The molecular formula is C16H21NaO4. The molecule has 0 saturated carbocycles. The number of Topliss-reactive ketones (excluding diaryl/α,β-unsaturated/α-hetero) is 1. The smallest absolute Gasteiger partial charge is 0.546 e. The third-order valence-corrected chi connectivity index (χ3v) is 3.04. The quantitative estimate of drug-likeness (QED) is 0.328. The molecule has 0 atom stereocenters. The van der Waals surface area contributed by atoms with Crippen molar-refractivity contribution in [2.45, 2.75) is 45.4 Å². The van der Waals surface area contributed by atoms with Crippen LogP contribution in [0.25, 0.3) is 0 Å². The molecule has 0 amide bonds. The zero-order valence-corrected chi connectivity index (χ0v) is 14.9. The Kier molecular flexibility index (Phi) is 11.3. The number of carboxylic acids is 1. The summed E-state index contributed by atoms with van der Waals surface area (Å²) in [6.07, 6.45) is 6.16. The molecular weight excluding hydrogens is 279 g/mol. The van der Waals surface area contributed by atoms with Gasteiger partial charge < -0.3 is 14.6 Å². The van der Waals surface area contributed by atoms with Gasteiger partial charge in [0.25, 0.3) is 0 Å². The number of hydrogen-bond donors (Lipinski definition) is 0. The van der Waals surface area contributed by atoms with E-state index in [4.69, 9.17) is 4.74 Å². The molecule has 0 unspecified atom stereocenters. The number of ketones is 1. The minimum absolute atomic E-state index is 0. The predicted molar refractivity (Wildman–Crippen MR) is 74.7 cm³/mol. The van der Waals surface area contributed by atoms with Crippen molar-refractivity contribution < 1.29 is 49.0 Å². The molecule has 0 aliphatic heterocycles. The summed E-state index contributed by atoms with van der Waals surface area (Å²) in [7, 11) is 0. The number of ether oxygens (including phenoxy) is 1. The van der Waals surface area contributed by atoms with Crippen LogP contribution >= 0.6 is 0 Å². The molecule has 0 saturated heterocycles. The Bertz CT molecular complexity index is 428. The van der Waals surface area contributed by atoms with Crippen LogP contribution in [0.2, 0.25) is 0 Å². The Balaban J connectivity index is 0.00000400. The van der Waals surface area contributed by atoms with E-state index in [0.717, 1.165) is 12.8 Å². The molecule has 0 bridgehead atoms. The van der Waals surface area contributed by atoms with Gasteiger partial charge in [0.1, 0.15) is 12.4 Å². The molecule has 0 aliphatic carbocycles. The monoisotopic (exact) mass is 300 g/mol. The summed E-state index contributed by atoms with van der Waals surface area (Å²) >= 11 is 0. The molecule has 0 heterocycles. The van der Waals surface area contributed by atoms with Gasteiger partial charge in [-0.05, 0) is 30.7 Å². The zero-order chi connectivity index (χ0) is 14.8. The van der Waals surface area contributed by atoms with Crippen LogP contribution in [-0.4, -0.2) is 18.4 Å². The summed E-state index contributed by atoms with van der Waals surface area (Å²) in [4.78, 5) is 22.2. The van der Waals surface area contributed by atoms with Crippen LogP contribution in [-0.2, 0) is 4.79 Å². The van der Waals surface area contributed by atoms with Gasteiger partial charge in [-0.2, -0.15) is 0 Å². The molecule has 0 aliphatic rings. The standard InChI is InChI=1S/C16H22O4.Na/c1-2-3-4-5-6-7-15(17)13-8-10-14(11-9-13)20-12-16(18)19;/h8-11H,2-7,12H2,1H3,(H,18,19);/q;+1/p-1. The molecule has 0 spiro atoms. The number of aliphatic carboxylic acids is 1. The number of benzene rings is 1. The van der Waals surface area contributed by atoms with Gasteiger partial charge in [0.15, 0.2) is 5.78 Å². The second-order valence-electron chi connectivity index (χ2n) is 4.77. The van der Waals surface area contributed by atoms with Crippen LogP contribution in [0, 0.1) is 0 Å². The van der Waals surface area contributed by atoms with Crippen molar-refractivity contribution >= 4 is 11.8 Å². The molecule has 0 aromatic heterocycles. The van der Waals surface area contributed by atoms with Gasteiger partial charge in [-0.1, -0.05) is 32.6 Å². The van der Waals surface area contributed by atoms with Crippen LogP contribution in [0.1, 0.15) is 55.8 Å². The van der Waals surface area contributed by atoms with E-state index in [1.54, 1.807) is 24.3 Å². The van der Waals surface area contributed by atoms with Gasteiger partial charge in [0.05, 0.1) is 5.97 Å². The zero-order valence-electron chi connectivity index (χ0n) is 12.9. The first-order valence-corrected chi connectivity index (χ1v) is 7.09. The Morgan fingerprint density at radius 3 is 2.24 bits per heavy atom. The number of carboxylic acid groups (broad SMARTS) is 1. The third kappa shape index (κ3) is 8.91. The maximum atomic E-state index is 11.9. The summed E-state index contributed by atoms with van der Waals surface area (Å²) < 4.78 is 4.95. The van der Waals surface area contributed by atoms with Gasteiger partial charge in [-0.25, -0.2) is 0 Å². The number of carbonyl (C=O) groups is 2. The maximum absolute atomic E-state index is 11.9. The third-order valence-electron chi connectivity index (χ3n) is 3.04. The fourth-order valence-electron chi connectivity index (χ4n) is 1.91. The second kappa shape index (κ2) is 11.8. The van der Waals surface area contributed by atoms with E-state index < -0.39 is 12.6 Å². The van der Waals surface area contributed by atoms with Crippen molar-refractivity contribution in [3.05, 3.63) is 29.8 Å². The average molecular weight is 300 g/mol. The van der Waals surface area contributed by atoms with Gasteiger partial charge in [0.2, 0.25) is 0 Å². The predicted octanol–water partition coefficient (Wildman–Crippen LogP) is -0.637. The largest absolute Gasteiger partial charge is 1.00 e. The number of rotatable bonds is 10. The molecule has 21 heavy (non-hydrogen) atoms. The molecule has 0 radical (unpaired) electrons. The topological polar surface area (TPSA) is 66.4 Å². The fourth-order valence-corrected chi connectivity index (χ4v) is 1.91. The average Bonchev–Trinajstić information content (AvgIpc) is 2.45. The SMILES string of the molecule is CCCCCCCC(=O)c1ccc(OCC(=O)[O-])cc1.[Na+]. The second-order valence-corrected chi connectivity index (χ2v) is 4.77. The van der Waals surface area contributed by atoms with E-state index in [9.17, 15) is 14.7 Å². The van der Waals surface area contributed by atoms with Crippen molar-refractivity contribution in [3.8, 4) is 5.75 Å². The van der Waals surface area contributed by atoms with Crippen LogP contribution in [0.4, 0.5) is 0 Å². The first-order chi connectivity index (χ1) is 9.63. The summed E-state index contributed by atoms with van der Waals surface area (Å²) in [6, 6.07) is 6.54. The summed E-state index contributed by atoms with van der Waals surface area (Å²) in [5, 5.41) is 10.3. The molecule has 0 N–H and O–H groups in total. The minimum atomic E-state index is -1.27. The Hall–Kier alpha value is -0.840. The van der Waals surface area contributed by atoms with E-state index >= 15 is 0 Å². The summed E-state index contributed by atoms with van der Waals surface area (Å²) in [5.74, 6) is -0.723. The number of carbonyl (C=O) groups excluding carboxylic acids is 2. The van der Waals surface area contributed by atoms with Crippen molar-refractivity contribution in [2.24, 2.45) is 0 Å². The van der Waals surface area contributed by atoms with E-state index in [1.165, 1.54) is 19.3 Å². The molecule has 1 rings (SSSR count). The van der Waals surface area contributed by atoms with Crippen LogP contribution in [0.15, 0.2) is 24.3 Å². The molecule has 110 valence electrons. The molecule has 0 fully saturated rings. The van der Waals surface area contributed by atoms with E-state index in [-0.39, 0.29) is 35.3 Å². The van der Waals surface area contributed by atoms with Crippen LogP contribution < -0.4 is 39.4 Å². The molecule has 1 aromatic rings. The maximum Gasteiger partial charge on any atom is 1.00 e. The van der Waals surface area contributed by atoms with Crippen LogP contribution in [0.3, 0.4) is 0 Å². The van der Waals surface area contributed by atoms with Gasteiger partial charge in [-0.15, -0.1) is 0 Å². The van der Waals surface area contributed by atoms with Crippen LogP contribution in [0.5, 0.6) is 5.75 Å². The Morgan fingerprint density at radius 1 is 1.05 bits per heavy atom. The molecule has 5 heteroatoms. The normalized spacial score (nSPS) is 9.76. The van der Waals surface area contributed by atoms with E-state index in [1.807, 2.05) is 0 Å². The Morgan fingerprint density at radius 2 is 1.67 bits per heavy atom. The first-order valence-electron chi connectivity index (χ1n) is 7.09. The molecule has 4 nitrogen and oxygen atoms in total. The van der Waals surface area contributed by atoms with Crippen molar-refractivity contribution in [1.29, 1.82) is 0 Å².